The average molecular weight is 360 g/mol. The highest BCUT2D eigenvalue weighted by atomic mass is 32.2. The topological polar surface area (TPSA) is 83.7 Å². The predicted octanol–water partition coefficient (Wildman–Crippen LogP) is 1.33. The lowest BCUT2D eigenvalue weighted by molar-refractivity contribution is -0.133. The number of amides is 1. The Balaban J connectivity index is 2.04. The van der Waals surface area contributed by atoms with Crippen LogP contribution in [0.25, 0.3) is 0 Å². The Morgan fingerprint density at radius 2 is 1.91 bits per heavy atom. The zero-order valence-corrected chi connectivity index (χ0v) is 15.5. The number of thiophene rings is 1. The van der Waals surface area contributed by atoms with Crippen molar-refractivity contribution in [3.8, 4) is 0 Å². The zero-order chi connectivity index (χ0) is 17.2. The molecule has 2 N–H and O–H groups in total. The molecular weight excluding hydrogens is 334 g/mol. The molecule has 130 valence electrons. The lowest BCUT2D eigenvalue weighted by Gasteiger charge is -2.35. The largest absolute Gasteiger partial charge is 0.339 e. The van der Waals surface area contributed by atoms with Crippen LogP contribution in [-0.2, 0) is 14.8 Å². The van der Waals surface area contributed by atoms with Crippen LogP contribution in [0.3, 0.4) is 0 Å². The third-order valence-corrected chi connectivity index (χ3v) is 7.20. The number of hydrogen-bond donors (Lipinski definition) is 1. The van der Waals surface area contributed by atoms with Gasteiger partial charge in [0.25, 0.3) is 0 Å². The zero-order valence-electron chi connectivity index (χ0n) is 13.9. The molecule has 1 fully saturated rings. The summed E-state index contributed by atoms with van der Waals surface area (Å²) in [5.74, 6) is -0.0774. The molecule has 0 aliphatic carbocycles. The second kappa shape index (κ2) is 7.29. The summed E-state index contributed by atoms with van der Waals surface area (Å²) in [4.78, 5) is 16.1. The van der Waals surface area contributed by atoms with Crippen LogP contribution in [0.1, 0.15) is 29.5 Å². The number of nitrogens with zero attached hydrogens (tertiary/aromatic N) is 2. The van der Waals surface area contributed by atoms with Gasteiger partial charge in [-0.3, -0.25) is 4.79 Å². The number of aryl methyl sites for hydroxylation is 2. The van der Waals surface area contributed by atoms with E-state index in [4.69, 9.17) is 5.73 Å². The van der Waals surface area contributed by atoms with Crippen LogP contribution in [0, 0.1) is 13.8 Å². The molecule has 8 heteroatoms. The molecule has 0 saturated carbocycles. The minimum Gasteiger partial charge on any atom is -0.339 e. The van der Waals surface area contributed by atoms with E-state index in [0.717, 1.165) is 16.2 Å². The van der Waals surface area contributed by atoms with Gasteiger partial charge in [0.15, 0.2) is 0 Å². The molecular formula is C15H25N3O3S2. The summed E-state index contributed by atoms with van der Waals surface area (Å²) < 4.78 is 26.9. The molecule has 1 unspecified atom stereocenters. The maximum atomic E-state index is 12.7. The van der Waals surface area contributed by atoms with Crippen molar-refractivity contribution < 1.29 is 13.2 Å². The molecule has 23 heavy (non-hydrogen) atoms. The molecule has 2 rings (SSSR count). The van der Waals surface area contributed by atoms with Crippen LogP contribution in [-0.4, -0.2) is 55.8 Å². The summed E-state index contributed by atoms with van der Waals surface area (Å²) in [5, 5.41) is 0. The molecule has 6 nitrogen and oxygen atoms in total. The maximum Gasteiger partial charge on any atom is 0.244 e. The Morgan fingerprint density at radius 1 is 1.30 bits per heavy atom. The Kier molecular flexibility index (Phi) is 5.83. The van der Waals surface area contributed by atoms with Crippen molar-refractivity contribution in [2.75, 3.05) is 26.2 Å². The second-order valence-electron chi connectivity index (χ2n) is 5.90. The smallest absolute Gasteiger partial charge is 0.244 e. The van der Waals surface area contributed by atoms with Crippen molar-refractivity contribution >= 4 is 27.3 Å². The molecule has 1 aliphatic rings. The van der Waals surface area contributed by atoms with Gasteiger partial charge >= 0.3 is 0 Å². The molecule has 1 saturated heterocycles. The fourth-order valence-electron chi connectivity index (χ4n) is 2.82. The second-order valence-corrected chi connectivity index (χ2v) is 9.27. The number of piperazine rings is 1. The first-order chi connectivity index (χ1) is 10.8. The van der Waals surface area contributed by atoms with E-state index < -0.39 is 16.1 Å². The molecule has 0 bridgehead atoms. The van der Waals surface area contributed by atoms with Crippen LogP contribution in [0.15, 0.2) is 11.0 Å². The number of carbonyl (C=O) groups is 1. The van der Waals surface area contributed by atoms with Crippen molar-refractivity contribution in [3.63, 3.8) is 0 Å². The fourth-order valence-corrected chi connectivity index (χ4v) is 5.77. The van der Waals surface area contributed by atoms with Gasteiger partial charge in [-0.15, -0.1) is 11.3 Å². The molecule has 0 spiro atoms. The minimum atomic E-state index is -3.48. The predicted molar refractivity (Wildman–Crippen MR) is 92.0 cm³/mol. The Morgan fingerprint density at radius 3 is 2.39 bits per heavy atom. The van der Waals surface area contributed by atoms with Gasteiger partial charge in [-0.25, -0.2) is 8.42 Å². The van der Waals surface area contributed by atoms with Crippen molar-refractivity contribution in [2.24, 2.45) is 5.73 Å². The third-order valence-electron chi connectivity index (χ3n) is 4.08. The summed E-state index contributed by atoms with van der Waals surface area (Å²) in [5.41, 5.74) is 5.87. The highest BCUT2D eigenvalue weighted by Gasteiger charge is 2.32. The van der Waals surface area contributed by atoms with Crippen LogP contribution < -0.4 is 5.73 Å². The van der Waals surface area contributed by atoms with E-state index in [9.17, 15) is 13.2 Å². The molecule has 1 aromatic heterocycles. The van der Waals surface area contributed by atoms with Gasteiger partial charge in [0.2, 0.25) is 15.9 Å². The lowest BCUT2D eigenvalue weighted by Crippen LogP contribution is -2.54. The monoisotopic (exact) mass is 359 g/mol. The average Bonchev–Trinajstić information content (AvgIpc) is 2.86. The molecule has 2 heterocycles. The third kappa shape index (κ3) is 3.93. The van der Waals surface area contributed by atoms with Gasteiger partial charge in [0, 0.05) is 35.9 Å². The van der Waals surface area contributed by atoms with Crippen LogP contribution in [0.4, 0.5) is 0 Å². The number of nitrogens with two attached hydrogens (primary N) is 1. The molecule has 0 aromatic carbocycles. The van der Waals surface area contributed by atoms with Gasteiger partial charge in [0.05, 0.1) is 10.9 Å². The first-order valence-electron chi connectivity index (χ1n) is 7.89. The van der Waals surface area contributed by atoms with E-state index in [1.165, 1.54) is 15.6 Å². The number of rotatable bonds is 5. The van der Waals surface area contributed by atoms with Crippen molar-refractivity contribution in [1.29, 1.82) is 0 Å². The molecule has 1 amide bonds. The van der Waals surface area contributed by atoms with Gasteiger partial charge in [-0.2, -0.15) is 4.31 Å². The minimum absolute atomic E-state index is 0.0774. The highest BCUT2D eigenvalue weighted by Crippen LogP contribution is 2.28. The van der Waals surface area contributed by atoms with Gasteiger partial charge < -0.3 is 10.6 Å². The van der Waals surface area contributed by atoms with E-state index in [0.29, 0.717) is 37.5 Å². The van der Waals surface area contributed by atoms with Crippen molar-refractivity contribution in [1.82, 2.24) is 9.21 Å². The van der Waals surface area contributed by atoms with Crippen LogP contribution >= 0.6 is 11.3 Å². The summed E-state index contributed by atoms with van der Waals surface area (Å²) in [6, 6.07) is 1.24. The Labute approximate surface area is 142 Å². The number of carbonyl (C=O) groups excluding carboxylic acids is 1. The fraction of sp³-hybridized carbons (Fsp3) is 0.667. The molecule has 1 aromatic rings. The van der Waals surface area contributed by atoms with Crippen LogP contribution in [0.2, 0.25) is 0 Å². The summed E-state index contributed by atoms with van der Waals surface area (Å²) >= 11 is 1.49. The first kappa shape index (κ1) is 18.4. The Bertz CT molecular complexity index is 662. The van der Waals surface area contributed by atoms with Gasteiger partial charge in [-0.05, 0) is 26.3 Å². The molecule has 1 atom stereocenters. The van der Waals surface area contributed by atoms with E-state index >= 15 is 0 Å². The highest BCUT2D eigenvalue weighted by molar-refractivity contribution is 7.89. The SMILES string of the molecule is CCCC(N)C(=O)N1CCN(S(=O)(=O)c2cc(C)sc2C)CC1. The van der Waals surface area contributed by atoms with Gasteiger partial charge in [0.1, 0.15) is 0 Å². The summed E-state index contributed by atoms with van der Waals surface area (Å²) in [6.07, 6.45) is 1.52. The maximum absolute atomic E-state index is 12.7. The van der Waals surface area contributed by atoms with Crippen LogP contribution in [0.5, 0.6) is 0 Å². The van der Waals surface area contributed by atoms with Gasteiger partial charge in [-0.1, -0.05) is 13.3 Å². The van der Waals surface area contributed by atoms with E-state index in [1.807, 2.05) is 20.8 Å². The van der Waals surface area contributed by atoms with Crippen molar-refractivity contribution in [2.45, 2.75) is 44.6 Å². The number of sulfonamides is 1. The van der Waals surface area contributed by atoms with E-state index in [2.05, 4.69) is 0 Å². The number of hydrogen-bond acceptors (Lipinski definition) is 5. The quantitative estimate of drug-likeness (QED) is 0.859. The summed E-state index contributed by atoms with van der Waals surface area (Å²) in [7, 11) is -3.48. The molecule has 1 aliphatic heterocycles. The normalized spacial score (nSPS) is 18.2. The van der Waals surface area contributed by atoms with Crippen molar-refractivity contribution in [3.05, 3.63) is 15.8 Å². The summed E-state index contributed by atoms with van der Waals surface area (Å²) in [6.45, 7) is 7.16. The standard InChI is InChI=1S/C15H25N3O3S2/c1-4-5-13(16)15(19)17-6-8-18(9-7-17)23(20,21)14-10-11(2)22-12(14)3/h10,13H,4-9,16H2,1-3H3. The van der Waals surface area contributed by atoms with E-state index in [-0.39, 0.29) is 5.91 Å². The Hall–Kier alpha value is -0.960. The molecule has 0 radical (unpaired) electrons. The van der Waals surface area contributed by atoms with E-state index in [1.54, 1.807) is 11.0 Å². The lowest BCUT2D eigenvalue weighted by atomic mass is 10.1. The first-order valence-corrected chi connectivity index (χ1v) is 10.1.